The summed E-state index contributed by atoms with van der Waals surface area (Å²) in [5, 5.41) is 4.89. The number of nitrogens with one attached hydrogen (secondary N) is 1. The van der Waals surface area contributed by atoms with Crippen molar-refractivity contribution in [2.24, 2.45) is 5.92 Å². The highest BCUT2D eigenvalue weighted by atomic mass is 32.2. The van der Waals surface area contributed by atoms with Gasteiger partial charge in [-0.15, -0.1) is 0 Å². The summed E-state index contributed by atoms with van der Waals surface area (Å²) >= 11 is 0. The maximum absolute atomic E-state index is 12.7. The van der Waals surface area contributed by atoms with Gasteiger partial charge in [-0.1, -0.05) is 30.3 Å². The standard InChI is InChI=1S/C24H24N2O5S/c1-17-15-23(27)31-22-16-20(7-8-21(17)22)25-24(28)19-9-12-26(13-10-19)32(29,30)14-11-18-5-3-2-4-6-18/h2-8,11,14-16,19H,9-10,12-13H2,1H3,(H,25,28)/b14-11+. The summed E-state index contributed by atoms with van der Waals surface area (Å²) in [6.07, 6.45) is 2.45. The molecule has 0 spiro atoms. The van der Waals surface area contributed by atoms with Crippen LogP contribution < -0.4 is 10.9 Å². The average molecular weight is 453 g/mol. The Morgan fingerprint density at radius 3 is 2.53 bits per heavy atom. The van der Waals surface area contributed by atoms with Gasteiger partial charge in [0.15, 0.2) is 0 Å². The lowest BCUT2D eigenvalue weighted by Crippen LogP contribution is -2.40. The molecule has 7 nitrogen and oxygen atoms in total. The molecule has 0 unspecified atom stereocenters. The number of sulfonamides is 1. The van der Waals surface area contributed by atoms with Crippen LogP contribution in [0, 0.1) is 12.8 Å². The van der Waals surface area contributed by atoms with Gasteiger partial charge >= 0.3 is 5.63 Å². The van der Waals surface area contributed by atoms with E-state index >= 15 is 0 Å². The van der Waals surface area contributed by atoms with Gasteiger partial charge in [0.2, 0.25) is 15.9 Å². The smallest absolute Gasteiger partial charge is 0.336 e. The quantitative estimate of drug-likeness (QED) is 0.595. The van der Waals surface area contributed by atoms with Crippen molar-refractivity contribution in [2.75, 3.05) is 18.4 Å². The molecular weight excluding hydrogens is 428 g/mol. The van der Waals surface area contributed by atoms with E-state index in [0.29, 0.717) is 24.1 Å². The molecule has 4 rings (SSSR count). The van der Waals surface area contributed by atoms with Crippen LogP contribution in [0.25, 0.3) is 17.0 Å². The molecule has 0 radical (unpaired) electrons. The first-order valence-electron chi connectivity index (χ1n) is 10.4. The van der Waals surface area contributed by atoms with E-state index in [-0.39, 0.29) is 24.9 Å². The fourth-order valence-corrected chi connectivity index (χ4v) is 5.06. The van der Waals surface area contributed by atoms with Crippen LogP contribution in [0.15, 0.2) is 69.2 Å². The number of hydrogen-bond acceptors (Lipinski definition) is 5. The van der Waals surface area contributed by atoms with Gasteiger partial charge in [0.1, 0.15) is 5.58 Å². The SMILES string of the molecule is Cc1cc(=O)oc2cc(NC(=O)C3CCN(S(=O)(=O)/C=C/c4ccccc4)CC3)ccc12. The summed E-state index contributed by atoms with van der Waals surface area (Å²) < 4.78 is 31.9. The van der Waals surface area contributed by atoms with Crippen LogP contribution in [0.4, 0.5) is 5.69 Å². The van der Waals surface area contributed by atoms with E-state index < -0.39 is 15.6 Å². The Hall–Kier alpha value is -3.23. The maximum atomic E-state index is 12.7. The van der Waals surface area contributed by atoms with Crippen molar-refractivity contribution >= 4 is 38.7 Å². The lowest BCUT2D eigenvalue weighted by Gasteiger charge is -2.29. The summed E-state index contributed by atoms with van der Waals surface area (Å²) in [7, 11) is -3.54. The van der Waals surface area contributed by atoms with E-state index in [2.05, 4.69) is 5.32 Å². The number of rotatable bonds is 5. The lowest BCUT2D eigenvalue weighted by atomic mass is 9.97. The van der Waals surface area contributed by atoms with E-state index in [1.54, 1.807) is 24.3 Å². The van der Waals surface area contributed by atoms with Crippen molar-refractivity contribution in [1.29, 1.82) is 0 Å². The van der Waals surface area contributed by atoms with Crippen LogP contribution in [0.5, 0.6) is 0 Å². The van der Waals surface area contributed by atoms with E-state index in [4.69, 9.17) is 4.42 Å². The molecule has 8 heteroatoms. The zero-order valence-corrected chi connectivity index (χ0v) is 18.5. The predicted molar refractivity (Wildman–Crippen MR) is 125 cm³/mol. The van der Waals surface area contributed by atoms with Gasteiger partial charge in [-0.2, -0.15) is 4.31 Å². The molecule has 1 amide bonds. The average Bonchev–Trinajstić information content (AvgIpc) is 2.78. The molecule has 0 atom stereocenters. The molecule has 32 heavy (non-hydrogen) atoms. The summed E-state index contributed by atoms with van der Waals surface area (Å²) in [5.41, 5.74) is 2.14. The molecule has 0 aliphatic carbocycles. The first kappa shape index (κ1) is 22.0. The molecule has 1 fully saturated rings. The Morgan fingerprint density at radius 2 is 1.81 bits per heavy atom. The van der Waals surface area contributed by atoms with Crippen molar-refractivity contribution in [3.05, 3.63) is 81.6 Å². The number of amides is 1. The lowest BCUT2D eigenvalue weighted by molar-refractivity contribution is -0.120. The van der Waals surface area contributed by atoms with Gasteiger partial charge in [0.05, 0.1) is 0 Å². The van der Waals surface area contributed by atoms with E-state index in [9.17, 15) is 18.0 Å². The van der Waals surface area contributed by atoms with Crippen LogP contribution in [-0.2, 0) is 14.8 Å². The van der Waals surface area contributed by atoms with Gasteiger partial charge in [-0.3, -0.25) is 4.79 Å². The highest BCUT2D eigenvalue weighted by molar-refractivity contribution is 7.92. The summed E-state index contributed by atoms with van der Waals surface area (Å²) in [5.74, 6) is -0.462. The van der Waals surface area contributed by atoms with E-state index in [0.717, 1.165) is 16.5 Å². The van der Waals surface area contributed by atoms with Gasteiger partial charge < -0.3 is 9.73 Å². The van der Waals surface area contributed by atoms with E-state index in [1.807, 2.05) is 37.3 Å². The third kappa shape index (κ3) is 4.98. The molecule has 1 aliphatic heterocycles. The fourth-order valence-electron chi connectivity index (χ4n) is 3.83. The van der Waals surface area contributed by atoms with Crippen LogP contribution in [0.2, 0.25) is 0 Å². The van der Waals surface area contributed by atoms with Crippen molar-refractivity contribution in [3.8, 4) is 0 Å². The summed E-state index contributed by atoms with van der Waals surface area (Å²) in [6.45, 7) is 2.39. The topological polar surface area (TPSA) is 96.7 Å². The van der Waals surface area contributed by atoms with Gasteiger partial charge in [0.25, 0.3) is 0 Å². The molecule has 1 aromatic heterocycles. The molecule has 0 saturated carbocycles. The zero-order valence-electron chi connectivity index (χ0n) is 17.7. The second-order valence-electron chi connectivity index (χ2n) is 7.88. The molecule has 2 heterocycles. The van der Waals surface area contributed by atoms with Crippen LogP contribution in [0.1, 0.15) is 24.0 Å². The van der Waals surface area contributed by atoms with Crippen LogP contribution in [0.3, 0.4) is 0 Å². The number of aryl methyl sites for hydroxylation is 1. The molecule has 1 aliphatic rings. The van der Waals surface area contributed by atoms with Gasteiger partial charge in [0, 0.05) is 47.6 Å². The van der Waals surface area contributed by atoms with Gasteiger partial charge in [-0.05, 0) is 49.1 Å². The van der Waals surface area contributed by atoms with Crippen molar-refractivity contribution in [1.82, 2.24) is 4.31 Å². The third-order valence-electron chi connectivity index (χ3n) is 5.64. The Labute approximate surface area is 186 Å². The monoisotopic (exact) mass is 452 g/mol. The number of anilines is 1. The first-order valence-corrected chi connectivity index (χ1v) is 11.9. The fraction of sp³-hybridized carbons (Fsp3) is 0.250. The Morgan fingerprint density at radius 1 is 1.09 bits per heavy atom. The molecule has 1 saturated heterocycles. The number of nitrogens with zero attached hydrogens (tertiary/aromatic N) is 1. The molecular formula is C24H24N2O5S. The molecule has 1 N–H and O–H groups in total. The second kappa shape index (κ2) is 9.10. The van der Waals surface area contributed by atoms with Crippen molar-refractivity contribution < 1.29 is 17.6 Å². The molecule has 2 aromatic carbocycles. The van der Waals surface area contributed by atoms with E-state index in [1.165, 1.54) is 15.8 Å². The highest BCUT2D eigenvalue weighted by Crippen LogP contribution is 2.24. The van der Waals surface area contributed by atoms with Gasteiger partial charge in [-0.25, -0.2) is 13.2 Å². The Bertz CT molecular complexity index is 1320. The van der Waals surface area contributed by atoms with Crippen LogP contribution in [-0.4, -0.2) is 31.7 Å². The summed E-state index contributed by atoms with van der Waals surface area (Å²) in [6, 6.07) is 15.9. The highest BCUT2D eigenvalue weighted by Gasteiger charge is 2.30. The molecule has 0 bridgehead atoms. The number of hydrogen-bond donors (Lipinski definition) is 1. The van der Waals surface area contributed by atoms with Crippen molar-refractivity contribution in [2.45, 2.75) is 19.8 Å². The predicted octanol–water partition coefficient (Wildman–Crippen LogP) is 3.75. The number of piperidine rings is 1. The number of carbonyl (C=O) groups excluding carboxylic acids is 1. The minimum atomic E-state index is -3.54. The minimum absolute atomic E-state index is 0.170. The largest absolute Gasteiger partial charge is 0.423 e. The number of fused-ring (bicyclic) bond motifs is 1. The maximum Gasteiger partial charge on any atom is 0.336 e. The molecule has 3 aromatic rings. The number of benzene rings is 2. The minimum Gasteiger partial charge on any atom is -0.423 e. The first-order chi connectivity index (χ1) is 15.3. The third-order valence-corrected chi connectivity index (χ3v) is 7.20. The van der Waals surface area contributed by atoms with Crippen molar-refractivity contribution in [3.63, 3.8) is 0 Å². The normalized spacial score (nSPS) is 15.9. The zero-order chi connectivity index (χ0) is 22.7. The van der Waals surface area contributed by atoms with Crippen LogP contribution >= 0.6 is 0 Å². The second-order valence-corrected chi connectivity index (χ2v) is 9.70. The number of carbonyl (C=O) groups is 1. The Balaban J connectivity index is 1.38. The summed E-state index contributed by atoms with van der Waals surface area (Å²) in [4.78, 5) is 24.3. The molecule has 166 valence electrons. The Kier molecular flexibility index (Phi) is 6.25.